The molecule has 0 spiro atoms. The molecule has 8 nitrogen and oxygen atoms in total. The Bertz CT molecular complexity index is 1150. The number of anilines is 1. The highest BCUT2D eigenvalue weighted by Gasteiger charge is 2.21. The van der Waals surface area contributed by atoms with Gasteiger partial charge < -0.3 is 5.32 Å². The Hall–Kier alpha value is -2.27. The number of carbonyl (C=O) groups is 1. The van der Waals surface area contributed by atoms with Crippen LogP contribution in [0, 0.1) is 6.92 Å². The van der Waals surface area contributed by atoms with Gasteiger partial charge in [-0.25, -0.2) is 26.3 Å². The largest absolute Gasteiger partial charge is 0.326 e. The second-order valence-corrected chi connectivity index (χ2v) is 11.8. The van der Waals surface area contributed by atoms with Crippen molar-refractivity contribution in [3.63, 3.8) is 0 Å². The SMILES string of the molecule is CNS(=O)(=O)c1ccc(C)c(NC(=O)CCc2ccc(S(=O)(=O)NC(C)(C)C)cc2)c1. The van der Waals surface area contributed by atoms with E-state index in [1.54, 1.807) is 45.9 Å². The van der Waals surface area contributed by atoms with E-state index in [4.69, 9.17) is 0 Å². The molecule has 0 aliphatic carbocycles. The Labute approximate surface area is 184 Å². The normalized spacial score (nSPS) is 12.5. The molecule has 31 heavy (non-hydrogen) atoms. The van der Waals surface area contributed by atoms with Crippen LogP contribution < -0.4 is 14.8 Å². The molecule has 0 bridgehead atoms. The highest BCUT2D eigenvalue weighted by Crippen LogP contribution is 2.21. The minimum Gasteiger partial charge on any atom is -0.326 e. The number of hydrogen-bond acceptors (Lipinski definition) is 5. The average Bonchev–Trinajstić information content (AvgIpc) is 2.66. The molecule has 0 fully saturated rings. The summed E-state index contributed by atoms with van der Waals surface area (Å²) in [6, 6.07) is 10.9. The van der Waals surface area contributed by atoms with Crippen molar-refractivity contribution in [2.45, 2.75) is 55.9 Å². The van der Waals surface area contributed by atoms with Gasteiger partial charge in [0.05, 0.1) is 9.79 Å². The molecule has 1 amide bonds. The third-order valence-electron chi connectivity index (χ3n) is 4.38. The fourth-order valence-corrected chi connectivity index (χ4v) is 4.96. The van der Waals surface area contributed by atoms with Gasteiger partial charge in [-0.2, -0.15) is 0 Å². The zero-order valence-corrected chi connectivity index (χ0v) is 19.9. The summed E-state index contributed by atoms with van der Waals surface area (Å²) in [6.45, 7) is 7.07. The first kappa shape index (κ1) is 25.0. The molecule has 2 aromatic carbocycles. The summed E-state index contributed by atoms with van der Waals surface area (Å²) >= 11 is 0. The van der Waals surface area contributed by atoms with Gasteiger partial charge in [-0.3, -0.25) is 4.79 Å². The van der Waals surface area contributed by atoms with Crippen LogP contribution in [0.25, 0.3) is 0 Å². The standard InChI is InChI=1S/C21H29N3O5S2/c1-15-6-10-18(30(26,27)22-5)14-19(15)23-20(25)13-9-16-7-11-17(12-8-16)31(28,29)24-21(2,3)4/h6-8,10-12,14,22,24H,9,13H2,1-5H3,(H,23,25). The van der Waals surface area contributed by atoms with E-state index in [0.717, 1.165) is 11.1 Å². The third kappa shape index (κ3) is 7.13. The molecule has 0 saturated carbocycles. The number of nitrogens with one attached hydrogen (secondary N) is 3. The van der Waals surface area contributed by atoms with Crippen molar-refractivity contribution in [2.75, 3.05) is 12.4 Å². The smallest absolute Gasteiger partial charge is 0.241 e. The van der Waals surface area contributed by atoms with Crippen LogP contribution in [0.5, 0.6) is 0 Å². The number of amides is 1. The van der Waals surface area contributed by atoms with Gasteiger partial charge in [0, 0.05) is 17.6 Å². The molecule has 0 saturated heterocycles. The Kier molecular flexibility index (Phi) is 7.64. The van der Waals surface area contributed by atoms with Crippen molar-refractivity contribution in [1.29, 1.82) is 0 Å². The summed E-state index contributed by atoms with van der Waals surface area (Å²) in [6.07, 6.45) is 0.571. The van der Waals surface area contributed by atoms with Gasteiger partial charge in [0.25, 0.3) is 0 Å². The lowest BCUT2D eigenvalue weighted by molar-refractivity contribution is -0.116. The van der Waals surface area contributed by atoms with Gasteiger partial charge in [0.2, 0.25) is 26.0 Å². The Morgan fingerprint density at radius 3 is 2.03 bits per heavy atom. The van der Waals surface area contributed by atoms with E-state index in [1.807, 2.05) is 0 Å². The monoisotopic (exact) mass is 467 g/mol. The zero-order valence-electron chi connectivity index (χ0n) is 18.3. The minimum absolute atomic E-state index is 0.0663. The lowest BCUT2D eigenvalue weighted by Gasteiger charge is -2.20. The molecule has 0 aromatic heterocycles. The van der Waals surface area contributed by atoms with E-state index in [9.17, 15) is 21.6 Å². The first-order chi connectivity index (χ1) is 14.2. The average molecular weight is 468 g/mol. The molecule has 0 unspecified atom stereocenters. The quantitative estimate of drug-likeness (QED) is 0.551. The fourth-order valence-electron chi connectivity index (χ4n) is 2.79. The van der Waals surface area contributed by atoms with Gasteiger partial charge in [-0.15, -0.1) is 0 Å². The predicted molar refractivity (Wildman–Crippen MR) is 121 cm³/mol. The number of aryl methyl sites for hydroxylation is 2. The van der Waals surface area contributed by atoms with Crippen LogP contribution in [0.1, 0.15) is 38.3 Å². The van der Waals surface area contributed by atoms with Crippen LogP contribution >= 0.6 is 0 Å². The fraction of sp³-hybridized carbons (Fsp3) is 0.381. The van der Waals surface area contributed by atoms with Crippen LogP contribution in [0.2, 0.25) is 0 Å². The van der Waals surface area contributed by atoms with Gasteiger partial charge >= 0.3 is 0 Å². The second-order valence-electron chi connectivity index (χ2n) is 8.23. The van der Waals surface area contributed by atoms with Crippen molar-refractivity contribution >= 4 is 31.6 Å². The molecule has 170 valence electrons. The Morgan fingerprint density at radius 1 is 0.903 bits per heavy atom. The molecule has 2 aromatic rings. The maximum atomic E-state index is 12.4. The topological polar surface area (TPSA) is 121 Å². The van der Waals surface area contributed by atoms with Crippen LogP contribution in [0.3, 0.4) is 0 Å². The third-order valence-corrected chi connectivity index (χ3v) is 7.56. The predicted octanol–water partition coefficient (Wildman–Crippen LogP) is 2.55. The van der Waals surface area contributed by atoms with Crippen LogP contribution in [0.15, 0.2) is 52.3 Å². The summed E-state index contributed by atoms with van der Waals surface area (Å²) in [5.74, 6) is -0.270. The van der Waals surface area contributed by atoms with E-state index < -0.39 is 25.6 Å². The van der Waals surface area contributed by atoms with E-state index in [0.29, 0.717) is 12.1 Å². The molecular weight excluding hydrogens is 438 g/mol. The molecule has 0 aliphatic heterocycles. The lowest BCUT2D eigenvalue weighted by Crippen LogP contribution is -2.40. The summed E-state index contributed by atoms with van der Waals surface area (Å²) in [5, 5.41) is 2.74. The van der Waals surface area contributed by atoms with Crippen molar-refractivity contribution in [1.82, 2.24) is 9.44 Å². The van der Waals surface area contributed by atoms with Gasteiger partial charge in [0.1, 0.15) is 0 Å². The Morgan fingerprint density at radius 2 is 1.48 bits per heavy atom. The molecule has 0 atom stereocenters. The summed E-state index contributed by atoms with van der Waals surface area (Å²) in [4.78, 5) is 12.6. The first-order valence-electron chi connectivity index (χ1n) is 9.70. The van der Waals surface area contributed by atoms with Crippen molar-refractivity contribution < 1.29 is 21.6 Å². The second kappa shape index (κ2) is 9.47. The van der Waals surface area contributed by atoms with Gasteiger partial charge in [-0.05, 0) is 76.6 Å². The molecule has 0 heterocycles. The number of rotatable bonds is 8. The maximum absolute atomic E-state index is 12.4. The zero-order chi connectivity index (χ0) is 23.4. The van der Waals surface area contributed by atoms with E-state index >= 15 is 0 Å². The number of sulfonamides is 2. The molecule has 10 heteroatoms. The highest BCUT2D eigenvalue weighted by molar-refractivity contribution is 7.89. The van der Waals surface area contributed by atoms with Crippen LogP contribution in [0.4, 0.5) is 5.69 Å². The molecule has 2 rings (SSSR count). The summed E-state index contributed by atoms with van der Waals surface area (Å²) in [7, 11) is -5.90. The number of hydrogen-bond donors (Lipinski definition) is 3. The molecular formula is C21H29N3O5S2. The van der Waals surface area contributed by atoms with Crippen LogP contribution in [-0.2, 0) is 31.3 Å². The molecule has 0 aliphatic rings. The number of carbonyl (C=O) groups excluding carboxylic acids is 1. The molecule has 0 radical (unpaired) electrons. The van der Waals surface area contributed by atoms with Gasteiger partial charge in [-0.1, -0.05) is 18.2 Å². The van der Waals surface area contributed by atoms with E-state index in [2.05, 4.69) is 14.8 Å². The highest BCUT2D eigenvalue weighted by atomic mass is 32.2. The number of benzene rings is 2. The lowest BCUT2D eigenvalue weighted by atomic mass is 10.1. The van der Waals surface area contributed by atoms with Crippen LogP contribution in [-0.4, -0.2) is 35.3 Å². The minimum atomic E-state index is -3.61. The Balaban J connectivity index is 2.03. The van der Waals surface area contributed by atoms with Crippen molar-refractivity contribution in [3.05, 3.63) is 53.6 Å². The summed E-state index contributed by atoms with van der Waals surface area (Å²) < 4.78 is 53.5. The van der Waals surface area contributed by atoms with Gasteiger partial charge in [0.15, 0.2) is 0 Å². The van der Waals surface area contributed by atoms with Crippen molar-refractivity contribution in [3.8, 4) is 0 Å². The first-order valence-corrected chi connectivity index (χ1v) is 12.7. The maximum Gasteiger partial charge on any atom is 0.241 e. The molecule has 3 N–H and O–H groups in total. The van der Waals surface area contributed by atoms with E-state index in [-0.39, 0.29) is 22.1 Å². The van der Waals surface area contributed by atoms with Crippen molar-refractivity contribution in [2.24, 2.45) is 0 Å². The summed E-state index contributed by atoms with van der Waals surface area (Å²) in [5.41, 5.74) is 1.39. The van der Waals surface area contributed by atoms with E-state index in [1.165, 1.54) is 31.3 Å².